The van der Waals surface area contributed by atoms with E-state index in [1.807, 2.05) is 48.2 Å². The molecule has 0 N–H and O–H groups in total. The molecule has 4 heteroatoms. The minimum Gasteiger partial charge on any atom is -0.497 e. The predicted molar refractivity (Wildman–Crippen MR) is 91.6 cm³/mol. The fraction of sp³-hybridized carbons (Fsp3) is 0.278. The topological polar surface area (TPSA) is 29.5 Å². The minimum atomic E-state index is -0.125. The number of benzene rings is 2. The Bertz CT molecular complexity index is 714. The van der Waals surface area contributed by atoms with E-state index in [1.165, 1.54) is 0 Å². The molecule has 0 saturated carbocycles. The van der Waals surface area contributed by atoms with Gasteiger partial charge >= 0.3 is 0 Å². The molecule has 0 unspecified atom stereocenters. The van der Waals surface area contributed by atoms with E-state index in [-0.39, 0.29) is 11.8 Å². The van der Waals surface area contributed by atoms with Crippen molar-refractivity contribution in [3.05, 3.63) is 58.1 Å². The molecule has 0 fully saturated rings. The van der Waals surface area contributed by atoms with Crippen LogP contribution < -0.4 is 9.64 Å². The van der Waals surface area contributed by atoms with Crippen molar-refractivity contribution in [3.63, 3.8) is 0 Å². The van der Waals surface area contributed by atoms with Crippen molar-refractivity contribution in [3.8, 4) is 5.75 Å². The summed E-state index contributed by atoms with van der Waals surface area (Å²) < 4.78 is 6.30. The maximum atomic E-state index is 12.7. The van der Waals surface area contributed by atoms with E-state index < -0.39 is 0 Å². The van der Waals surface area contributed by atoms with Crippen LogP contribution in [-0.2, 0) is 11.2 Å². The Morgan fingerprint density at radius 3 is 2.73 bits per heavy atom. The summed E-state index contributed by atoms with van der Waals surface area (Å²) in [4.78, 5) is 14.6. The Morgan fingerprint density at radius 2 is 2.00 bits per heavy atom. The van der Waals surface area contributed by atoms with Crippen LogP contribution in [-0.4, -0.2) is 19.6 Å². The highest BCUT2D eigenvalue weighted by Crippen LogP contribution is 2.40. The van der Waals surface area contributed by atoms with Crippen molar-refractivity contribution < 1.29 is 9.53 Å². The van der Waals surface area contributed by atoms with Crippen LogP contribution in [0, 0.1) is 0 Å². The number of hydrogen-bond donors (Lipinski definition) is 0. The first kappa shape index (κ1) is 15.1. The largest absolute Gasteiger partial charge is 0.497 e. The fourth-order valence-corrected chi connectivity index (χ4v) is 3.45. The van der Waals surface area contributed by atoms with Crippen LogP contribution >= 0.6 is 15.9 Å². The van der Waals surface area contributed by atoms with E-state index in [0.717, 1.165) is 27.0 Å². The van der Waals surface area contributed by atoms with Crippen molar-refractivity contribution >= 4 is 27.5 Å². The Hall–Kier alpha value is -1.81. The molecule has 0 aromatic heterocycles. The SMILES string of the molecule is CCN1C(=O)[C@@H](Cc2cc(OC)ccc2Br)c2ccccc21. The number of methoxy groups -OCH3 is 1. The number of anilines is 1. The maximum Gasteiger partial charge on any atom is 0.234 e. The molecule has 3 nitrogen and oxygen atoms in total. The van der Waals surface area contributed by atoms with Crippen LogP contribution in [0.5, 0.6) is 5.75 Å². The smallest absolute Gasteiger partial charge is 0.234 e. The van der Waals surface area contributed by atoms with Crippen molar-refractivity contribution in [2.45, 2.75) is 19.3 Å². The molecule has 1 amide bonds. The molecule has 0 aliphatic carbocycles. The van der Waals surface area contributed by atoms with Crippen molar-refractivity contribution in [2.24, 2.45) is 0 Å². The van der Waals surface area contributed by atoms with Crippen LogP contribution in [0.15, 0.2) is 46.9 Å². The van der Waals surface area contributed by atoms with Crippen molar-refractivity contribution in [1.29, 1.82) is 0 Å². The molecule has 0 radical (unpaired) electrons. The van der Waals surface area contributed by atoms with Crippen LogP contribution in [0.3, 0.4) is 0 Å². The van der Waals surface area contributed by atoms with Crippen LogP contribution in [0.2, 0.25) is 0 Å². The van der Waals surface area contributed by atoms with Gasteiger partial charge in [0, 0.05) is 16.7 Å². The number of halogens is 1. The third-order valence-electron chi connectivity index (χ3n) is 4.16. The van der Waals surface area contributed by atoms with Crippen molar-refractivity contribution in [1.82, 2.24) is 0 Å². The van der Waals surface area contributed by atoms with Gasteiger partial charge in [-0.15, -0.1) is 0 Å². The van der Waals surface area contributed by atoms with Gasteiger partial charge in [0.2, 0.25) is 5.91 Å². The molecule has 3 rings (SSSR count). The molecule has 1 aliphatic heterocycles. The summed E-state index contributed by atoms with van der Waals surface area (Å²) in [5.41, 5.74) is 3.24. The molecule has 114 valence electrons. The molecule has 1 aliphatic rings. The van der Waals surface area contributed by atoms with E-state index in [9.17, 15) is 4.79 Å². The van der Waals surface area contributed by atoms with Gasteiger partial charge in [-0.2, -0.15) is 0 Å². The lowest BCUT2D eigenvalue weighted by Gasteiger charge is -2.15. The molecular weight excluding hydrogens is 342 g/mol. The zero-order valence-corrected chi connectivity index (χ0v) is 14.3. The van der Waals surface area contributed by atoms with Crippen LogP contribution in [0.1, 0.15) is 24.0 Å². The van der Waals surface area contributed by atoms with E-state index in [4.69, 9.17) is 4.74 Å². The zero-order chi connectivity index (χ0) is 15.7. The maximum absolute atomic E-state index is 12.7. The third kappa shape index (κ3) is 2.52. The van der Waals surface area contributed by atoms with Gasteiger partial charge in [-0.3, -0.25) is 4.79 Å². The average molecular weight is 360 g/mol. The molecule has 2 aromatic carbocycles. The first-order chi connectivity index (χ1) is 10.7. The van der Waals surface area contributed by atoms with E-state index >= 15 is 0 Å². The minimum absolute atomic E-state index is 0.125. The quantitative estimate of drug-likeness (QED) is 0.820. The second kappa shape index (κ2) is 6.13. The summed E-state index contributed by atoms with van der Waals surface area (Å²) in [6, 6.07) is 13.9. The van der Waals surface area contributed by atoms with E-state index in [1.54, 1.807) is 7.11 Å². The number of amides is 1. The highest BCUT2D eigenvalue weighted by Gasteiger charge is 2.36. The van der Waals surface area contributed by atoms with Gasteiger partial charge < -0.3 is 9.64 Å². The summed E-state index contributed by atoms with van der Waals surface area (Å²) in [6.07, 6.45) is 0.671. The van der Waals surface area contributed by atoms with Crippen molar-refractivity contribution in [2.75, 3.05) is 18.6 Å². The summed E-state index contributed by atoms with van der Waals surface area (Å²) >= 11 is 3.58. The van der Waals surface area contributed by atoms with Crippen LogP contribution in [0.4, 0.5) is 5.69 Å². The first-order valence-electron chi connectivity index (χ1n) is 7.38. The molecule has 0 spiro atoms. The molecule has 0 saturated heterocycles. The molecule has 0 bridgehead atoms. The molecule has 2 aromatic rings. The lowest BCUT2D eigenvalue weighted by molar-refractivity contribution is -0.119. The number of carbonyl (C=O) groups is 1. The van der Waals surface area contributed by atoms with Gasteiger partial charge in [-0.1, -0.05) is 34.1 Å². The summed E-state index contributed by atoms with van der Waals surface area (Å²) in [7, 11) is 1.65. The Kier molecular flexibility index (Phi) is 4.21. The number of ether oxygens (including phenoxy) is 1. The average Bonchev–Trinajstić information content (AvgIpc) is 2.81. The number of fused-ring (bicyclic) bond motifs is 1. The number of para-hydroxylation sites is 1. The normalized spacial score (nSPS) is 16.8. The van der Waals surface area contributed by atoms with Gasteiger partial charge in [0.05, 0.1) is 13.0 Å². The van der Waals surface area contributed by atoms with Gasteiger partial charge in [-0.05, 0) is 48.7 Å². The summed E-state index contributed by atoms with van der Waals surface area (Å²) in [6.45, 7) is 2.71. The number of carbonyl (C=O) groups excluding carboxylic acids is 1. The Morgan fingerprint density at radius 1 is 1.23 bits per heavy atom. The second-order valence-corrected chi connectivity index (χ2v) is 6.21. The number of likely N-dealkylation sites (N-methyl/N-ethyl adjacent to an activating group) is 1. The summed E-state index contributed by atoms with van der Waals surface area (Å²) in [5, 5.41) is 0. The number of hydrogen-bond acceptors (Lipinski definition) is 2. The molecule has 1 heterocycles. The Balaban J connectivity index is 1.97. The predicted octanol–water partition coefficient (Wildman–Crippen LogP) is 4.15. The molecule has 1 atom stereocenters. The van der Waals surface area contributed by atoms with Gasteiger partial charge in [0.1, 0.15) is 5.75 Å². The standard InChI is InChI=1S/C18H18BrNO2/c1-3-20-17-7-5-4-6-14(17)15(18(20)21)11-12-10-13(22-2)8-9-16(12)19/h4-10,15H,3,11H2,1-2H3/t15-/m0/s1. The lowest BCUT2D eigenvalue weighted by atomic mass is 9.93. The highest BCUT2D eigenvalue weighted by atomic mass is 79.9. The lowest BCUT2D eigenvalue weighted by Crippen LogP contribution is -2.29. The highest BCUT2D eigenvalue weighted by molar-refractivity contribution is 9.10. The van der Waals surface area contributed by atoms with Gasteiger partial charge in [-0.25, -0.2) is 0 Å². The van der Waals surface area contributed by atoms with Gasteiger partial charge in [0.15, 0.2) is 0 Å². The number of rotatable bonds is 4. The Labute approximate surface area is 139 Å². The first-order valence-corrected chi connectivity index (χ1v) is 8.17. The monoisotopic (exact) mass is 359 g/mol. The third-order valence-corrected chi connectivity index (χ3v) is 4.93. The fourth-order valence-electron chi connectivity index (χ4n) is 3.05. The zero-order valence-electron chi connectivity index (χ0n) is 12.7. The van der Waals surface area contributed by atoms with E-state index in [0.29, 0.717) is 13.0 Å². The van der Waals surface area contributed by atoms with Gasteiger partial charge in [0.25, 0.3) is 0 Å². The number of nitrogens with zero attached hydrogens (tertiary/aromatic N) is 1. The van der Waals surface area contributed by atoms with Crippen LogP contribution in [0.25, 0.3) is 0 Å². The molecule has 22 heavy (non-hydrogen) atoms. The van der Waals surface area contributed by atoms with E-state index in [2.05, 4.69) is 22.0 Å². The molecular formula is C18H18BrNO2. The second-order valence-electron chi connectivity index (χ2n) is 5.36. The summed E-state index contributed by atoms with van der Waals surface area (Å²) in [5.74, 6) is 0.863.